The molecule has 316 valence electrons. The minimum absolute atomic E-state index is 0.131. The number of hydrogen-bond acceptors (Lipinski definition) is 10. The summed E-state index contributed by atoms with van der Waals surface area (Å²) in [5.74, 6) is 2.95. The summed E-state index contributed by atoms with van der Waals surface area (Å²) < 4.78 is 4.09. The highest BCUT2D eigenvalue weighted by Gasteiger charge is 2.18. The van der Waals surface area contributed by atoms with Gasteiger partial charge in [0, 0.05) is 42.0 Å². The van der Waals surface area contributed by atoms with Crippen LogP contribution >= 0.6 is 23.2 Å². The lowest BCUT2D eigenvalue weighted by atomic mass is 9.98. The van der Waals surface area contributed by atoms with Crippen molar-refractivity contribution in [2.45, 2.75) is 78.6 Å². The molecule has 0 spiro atoms. The molecular weight excluding hydrogens is 825 g/mol. The largest absolute Gasteiger partial charge is 0.390 e. The number of unbranched alkanes of at least 4 members (excludes halogenated alkanes) is 2. The van der Waals surface area contributed by atoms with Crippen molar-refractivity contribution in [1.29, 1.82) is 0 Å². The van der Waals surface area contributed by atoms with Gasteiger partial charge < -0.3 is 14.2 Å². The van der Waals surface area contributed by atoms with E-state index in [9.17, 15) is 5.11 Å². The maximum atomic E-state index is 9.77. The van der Waals surface area contributed by atoms with Gasteiger partial charge in [0.25, 0.3) is 0 Å². The zero-order valence-electron chi connectivity index (χ0n) is 34.3. The van der Waals surface area contributed by atoms with Crippen LogP contribution in [-0.4, -0.2) is 65.5 Å². The fourth-order valence-corrected chi connectivity index (χ4v) is 7.71. The van der Waals surface area contributed by atoms with E-state index in [4.69, 9.17) is 28.7 Å². The minimum Gasteiger partial charge on any atom is -0.390 e. The Labute approximate surface area is 368 Å². The van der Waals surface area contributed by atoms with Gasteiger partial charge in [0.05, 0.1) is 24.5 Å². The van der Waals surface area contributed by atoms with Crippen LogP contribution in [0.3, 0.4) is 0 Å². The summed E-state index contributed by atoms with van der Waals surface area (Å²) in [5.41, 5.74) is 18.4. The van der Waals surface area contributed by atoms with E-state index in [2.05, 4.69) is 128 Å². The Morgan fingerprint density at radius 3 is 1.47 bits per heavy atom. The quantitative estimate of drug-likeness (QED) is 0.0450. The highest BCUT2D eigenvalue weighted by Crippen LogP contribution is 2.32. The number of azide groups is 1. The van der Waals surface area contributed by atoms with Crippen LogP contribution in [0.4, 0.5) is 0 Å². The number of nitrogens with one attached hydrogen (secondary N) is 2. The Bertz CT molecular complexity index is 2700. The Morgan fingerprint density at radius 1 is 0.629 bits per heavy atom. The fourth-order valence-electron chi connectivity index (χ4n) is 7.19. The number of aliphatic hydroxyl groups is 1. The van der Waals surface area contributed by atoms with E-state index < -0.39 is 0 Å². The van der Waals surface area contributed by atoms with Gasteiger partial charge in [-0.1, -0.05) is 152 Å². The number of rotatable bonds is 17. The third-order valence-corrected chi connectivity index (χ3v) is 11.0. The van der Waals surface area contributed by atoms with E-state index in [0.717, 1.165) is 100 Å². The second-order valence-electron chi connectivity index (χ2n) is 14.4. The molecule has 0 fully saturated rings. The van der Waals surface area contributed by atoms with Crippen molar-refractivity contribution in [2.75, 3.05) is 0 Å². The normalized spacial score (nSPS) is 11.0. The smallest absolute Gasteiger partial charge is 0.205 e. The number of tetrazole rings is 2. The van der Waals surface area contributed by atoms with Crippen LogP contribution in [0.5, 0.6) is 0 Å². The molecule has 62 heavy (non-hydrogen) atoms. The number of imidazole rings is 2. The third-order valence-electron chi connectivity index (χ3n) is 10.4. The lowest BCUT2D eigenvalue weighted by Gasteiger charge is -2.12. The number of H-pyrrole nitrogens is 2. The number of halogens is 2. The number of aromatic amines is 2. The number of aromatic nitrogens is 12. The Morgan fingerprint density at radius 2 is 1.06 bits per heavy atom. The van der Waals surface area contributed by atoms with Gasteiger partial charge in [-0.3, -0.25) is 0 Å². The van der Waals surface area contributed by atoms with E-state index >= 15 is 0 Å². The predicted molar refractivity (Wildman–Crippen MR) is 239 cm³/mol. The summed E-state index contributed by atoms with van der Waals surface area (Å²) in [6.45, 7) is 5.54. The first kappa shape index (κ1) is 43.4. The fraction of sp³-hybridized carbons (Fsp3) is 0.273. The Balaban J connectivity index is 0.000000187. The molecule has 4 aromatic carbocycles. The van der Waals surface area contributed by atoms with Gasteiger partial charge in [-0.2, -0.15) is 10.4 Å². The molecule has 4 heterocycles. The van der Waals surface area contributed by atoms with E-state index in [1.54, 1.807) is 0 Å². The van der Waals surface area contributed by atoms with Crippen molar-refractivity contribution in [1.82, 2.24) is 60.4 Å². The first-order valence-electron chi connectivity index (χ1n) is 20.4. The zero-order chi connectivity index (χ0) is 43.3. The lowest BCUT2D eigenvalue weighted by molar-refractivity contribution is 0.271. The van der Waals surface area contributed by atoms with Gasteiger partial charge >= 0.3 is 0 Å². The molecule has 16 nitrogen and oxygen atoms in total. The highest BCUT2D eigenvalue weighted by molar-refractivity contribution is 6.30. The van der Waals surface area contributed by atoms with E-state index in [1.807, 2.05) is 53.1 Å². The predicted octanol–water partition coefficient (Wildman–Crippen LogP) is 9.85. The molecule has 0 radical (unpaired) electrons. The molecule has 0 unspecified atom stereocenters. The summed E-state index contributed by atoms with van der Waals surface area (Å²) in [7, 11) is 0. The number of benzene rings is 4. The average molecular weight is 871 g/mol. The first-order valence-corrected chi connectivity index (χ1v) is 21.1. The molecule has 0 aliphatic heterocycles. The monoisotopic (exact) mass is 869 g/mol. The van der Waals surface area contributed by atoms with Crippen molar-refractivity contribution >= 4 is 23.2 Å². The summed E-state index contributed by atoms with van der Waals surface area (Å²) in [6, 6.07) is 32.6. The van der Waals surface area contributed by atoms with Gasteiger partial charge in [0.15, 0.2) is 10.3 Å². The highest BCUT2D eigenvalue weighted by atomic mass is 35.5. The molecule has 0 bridgehead atoms. The summed E-state index contributed by atoms with van der Waals surface area (Å²) >= 11 is 12.6. The van der Waals surface area contributed by atoms with E-state index in [0.29, 0.717) is 40.7 Å². The van der Waals surface area contributed by atoms with Crippen molar-refractivity contribution < 1.29 is 5.11 Å². The van der Waals surface area contributed by atoms with Crippen LogP contribution in [0.25, 0.3) is 55.5 Å². The van der Waals surface area contributed by atoms with E-state index in [-0.39, 0.29) is 13.2 Å². The average Bonchev–Trinajstić information content (AvgIpc) is 4.14. The van der Waals surface area contributed by atoms with Crippen molar-refractivity contribution in [3.8, 4) is 45.0 Å². The molecule has 8 rings (SSSR count). The molecule has 0 saturated carbocycles. The molecule has 8 aromatic rings. The second-order valence-corrected chi connectivity index (χ2v) is 15.1. The maximum Gasteiger partial charge on any atom is 0.205 e. The SMILES string of the molecule is CCCCc1nc(Cl)c(CN=[N+]=[N-])n1Cc1ccc(-c2ccccc2-c2nn[nH]n2)cc1.CCCCc1nc(Cl)c(CO)n1Cc1ccc(-c2ccccc2-c2nn[nH]n2)cc1. The number of nitrogens with zero attached hydrogens (tertiary/aromatic N) is 13. The molecule has 4 aromatic heterocycles. The molecule has 18 heteroatoms. The zero-order valence-corrected chi connectivity index (χ0v) is 35.8. The first-order chi connectivity index (χ1) is 30.4. The molecular formula is C44H45Cl2N15O. The Kier molecular flexibility index (Phi) is 14.8. The van der Waals surface area contributed by atoms with Crippen LogP contribution in [-0.2, 0) is 39.1 Å². The van der Waals surface area contributed by atoms with Gasteiger partial charge in [-0.15, -0.1) is 20.4 Å². The maximum absolute atomic E-state index is 9.77. The summed E-state index contributed by atoms with van der Waals surface area (Å²) in [4.78, 5) is 11.9. The van der Waals surface area contributed by atoms with Gasteiger partial charge in [0.2, 0.25) is 11.6 Å². The summed E-state index contributed by atoms with van der Waals surface area (Å²) in [6.07, 6.45) is 5.84. The topological polar surface area (TPSA) is 214 Å². The molecule has 0 saturated heterocycles. The van der Waals surface area contributed by atoms with Crippen molar-refractivity contribution in [2.24, 2.45) is 5.11 Å². The summed E-state index contributed by atoms with van der Waals surface area (Å²) in [5, 5.41) is 43.0. The second kappa shape index (κ2) is 21.2. The van der Waals surface area contributed by atoms with Gasteiger partial charge in [-0.05, 0) is 62.2 Å². The molecule has 0 aliphatic carbocycles. The number of hydrogen-bond donors (Lipinski definition) is 3. The standard InChI is InChI=1S/C22H22ClN9.C22H23ClN6O/c1-2-3-8-20-26-21(23)19(13-25-29-24)32(20)14-15-9-11-16(12-10-15)17-6-4-5-7-18(17)22-27-30-31-28-22;1-2-3-8-20-24-21(23)19(14-30)29(20)13-15-9-11-16(12-10-15)17-6-4-5-7-18(17)22-25-27-28-26-22/h4-7,9-12H,2-3,8,13-14H2,1H3,(H,27,28,30,31);4-7,9-12,30H,2-3,8,13-14H2,1H3,(H,25,26,27,28). The number of aryl methyl sites for hydroxylation is 2. The van der Waals surface area contributed by atoms with Gasteiger partial charge in [0.1, 0.15) is 11.6 Å². The molecule has 0 atom stereocenters. The van der Waals surface area contributed by atoms with Crippen LogP contribution in [0.2, 0.25) is 10.3 Å². The van der Waals surface area contributed by atoms with Crippen molar-refractivity contribution in [3.63, 3.8) is 0 Å². The molecule has 3 N–H and O–H groups in total. The van der Waals surface area contributed by atoms with Crippen LogP contribution in [0.1, 0.15) is 73.7 Å². The van der Waals surface area contributed by atoms with Gasteiger partial charge in [-0.25, -0.2) is 9.97 Å². The molecule has 0 aliphatic rings. The third kappa shape index (κ3) is 10.2. The van der Waals surface area contributed by atoms with Crippen LogP contribution in [0.15, 0.2) is 102 Å². The van der Waals surface area contributed by atoms with Crippen LogP contribution < -0.4 is 0 Å². The Hall–Kier alpha value is -6.71. The molecule has 0 amide bonds. The van der Waals surface area contributed by atoms with Crippen molar-refractivity contribution in [3.05, 3.63) is 152 Å². The van der Waals surface area contributed by atoms with E-state index in [1.165, 1.54) is 0 Å². The van der Waals surface area contributed by atoms with Crippen LogP contribution in [0, 0.1) is 0 Å². The number of aliphatic hydroxyl groups excluding tert-OH is 1. The lowest BCUT2D eigenvalue weighted by Crippen LogP contribution is -2.09. The minimum atomic E-state index is -0.131.